The van der Waals surface area contributed by atoms with Crippen molar-refractivity contribution < 1.29 is 9.59 Å². The number of amides is 2. The van der Waals surface area contributed by atoms with E-state index in [1.54, 1.807) is 6.20 Å². The quantitative estimate of drug-likeness (QED) is 0.392. The molecule has 1 aliphatic rings. The van der Waals surface area contributed by atoms with E-state index in [0.717, 1.165) is 42.6 Å². The molecule has 0 aliphatic carbocycles. The van der Waals surface area contributed by atoms with E-state index in [2.05, 4.69) is 10.4 Å². The summed E-state index contributed by atoms with van der Waals surface area (Å²) in [6.07, 6.45) is 3.77. The molecule has 0 unspecified atom stereocenters. The maximum atomic E-state index is 13.7. The van der Waals surface area contributed by atoms with E-state index in [-0.39, 0.29) is 17.9 Å². The zero-order valence-electron chi connectivity index (χ0n) is 21.2. The highest BCUT2D eigenvalue weighted by Crippen LogP contribution is 2.28. The second-order valence-electron chi connectivity index (χ2n) is 9.77. The van der Waals surface area contributed by atoms with Crippen molar-refractivity contribution in [3.63, 3.8) is 0 Å². The van der Waals surface area contributed by atoms with Crippen LogP contribution in [0.4, 0.5) is 5.69 Å². The molecular weight excluding hydrogens is 450 g/mol. The lowest BCUT2D eigenvalue weighted by molar-refractivity contribution is 0.0791. The van der Waals surface area contributed by atoms with Crippen LogP contribution in [0.5, 0.6) is 0 Å². The van der Waals surface area contributed by atoms with Gasteiger partial charge >= 0.3 is 0 Å². The highest BCUT2D eigenvalue weighted by atomic mass is 16.2. The average Bonchev–Trinajstić information content (AvgIpc) is 3.55. The predicted molar refractivity (Wildman–Crippen MR) is 142 cm³/mol. The molecular formula is C29H31N5O2. The third kappa shape index (κ3) is 4.37. The number of aromatic nitrogens is 3. The minimum atomic E-state index is -0.257. The van der Waals surface area contributed by atoms with Gasteiger partial charge in [0.25, 0.3) is 11.8 Å². The van der Waals surface area contributed by atoms with Gasteiger partial charge in [-0.05, 0) is 64.3 Å². The van der Waals surface area contributed by atoms with Gasteiger partial charge in [-0.1, -0.05) is 35.9 Å². The van der Waals surface area contributed by atoms with Gasteiger partial charge in [-0.3, -0.25) is 9.59 Å². The molecule has 1 N–H and O–H groups in total. The van der Waals surface area contributed by atoms with Crippen molar-refractivity contribution in [2.45, 2.75) is 46.6 Å². The number of nitrogens with zero attached hydrogens (tertiary/aromatic N) is 4. The van der Waals surface area contributed by atoms with Gasteiger partial charge in [0.15, 0.2) is 5.65 Å². The highest BCUT2D eigenvalue weighted by Gasteiger charge is 2.23. The van der Waals surface area contributed by atoms with E-state index in [0.29, 0.717) is 33.5 Å². The van der Waals surface area contributed by atoms with Crippen LogP contribution in [0.25, 0.3) is 22.3 Å². The van der Waals surface area contributed by atoms with Crippen molar-refractivity contribution in [3.8, 4) is 11.3 Å². The van der Waals surface area contributed by atoms with E-state index in [9.17, 15) is 9.59 Å². The summed E-state index contributed by atoms with van der Waals surface area (Å²) in [5, 5.41) is 8.27. The number of rotatable bonds is 5. The first-order chi connectivity index (χ1) is 17.3. The maximum absolute atomic E-state index is 13.7. The van der Waals surface area contributed by atoms with Gasteiger partial charge in [0, 0.05) is 35.9 Å². The van der Waals surface area contributed by atoms with Gasteiger partial charge in [-0.15, -0.1) is 0 Å². The molecule has 2 aromatic carbocycles. The molecule has 1 saturated heterocycles. The fraction of sp³-hybridized carbons (Fsp3) is 0.310. The van der Waals surface area contributed by atoms with Crippen LogP contribution in [0.3, 0.4) is 0 Å². The summed E-state index contributed by atoms with van der Waals surface area (Å²) < 4.78 is 1.84. The fourth-order valence-electron chi connectivity index (χ4n) is 4.74. The molecule has 2 amide bonds. The first-order valence-corrected chi connectivity index (χ1v) is 12.5. The largest absolute Gasteiger partial charge is 0.339 e. The number of pyridine rings is 1. The Balaban J connectivity index is 1.54. The number of likely N-dealkylation sites (tertiary alicyclic amines) is 1. The lowest BCUT2D eigenvalue weighted by Gasteiger charge is -2.18. The Bertz CT molecular complexity index is 1450. The number of benzene rings is 2. The molecule has 3 heterocycles. The second kappa shape index (κ2) is 9.57. The van der Waals surface area contributed by atoms with Gasteiger partial charge in [0.1, 0.15) is 0 Å². The van der Waals surface area contributed by atoms with Gasteiger partial charge in [0.2, 0.25) is 0 Å². The summed E-state index contributed by atoms with van der Waals surface area (Å²) in [5.41, 5.74) is 5.99. The third-order valence-corrected chi connectivity index (χ3v) is 6.85. The van der Waals surface area contributed by atoms with Crippen molar-refractivity contribution in [3.05, 3.63) is 77.0 Å². The molecule has 0 spiro atoms. The molecule has 2 aromatic heterocycles. The minimum absolute atomic E-state index is 0.0206. The summed E-state index contributed by atoms with van der Waals surface area (Å²) in [5.74, 6) is -0.236. The van der Waals surface area contributed by atoms with Gasteiger partial charge in [0.05, 0.1) is 22.8 Å². The van der Waals surface area contributed by atoms with E-state index in [1.165, 1.54) is 0 Å². The Labute approximate surface area is 211 Å². The summed E-state index contributed by atoms with van der Waals surface area (Å²) in [6.45, 7) is 9.57. The number of hydrogen-bond donors (Lipinski definition) is 1. The number of nitrogens with one attached hydrogen (secondary N) is 1. The predicted octanol–water partition coefficient (Wildman–Crippen LogP) is 5.78. The Morgan fingerprint density at radius 2 is 1.69 bits per heavy atom. The smallest absolute Gasteiger partial charge is 0.256 e. The number of hydrogen-bond acceptors (Lipinski definition) is 4. The second-order valence-corrected chi connectivity index (χ2v) is 9.77. The van der Waals surface area contributed by atoms with E-state index < -0.39 is 0 Å². The topological polar surface area (TPSA) is 80.1 Å². The lowest BCUT2D eigenvalue weighted by atomic mass is 10.0. The fourth-order valence-corrected chi connectivity index (χ4v) is 4.74. The Morgan fingerprint density at radius 1 is 0.972 bits per heavy atom. The van der Waals surface area contributed by atoms with Crippen LogP contribution in [-0.2, 0) is 0 Å². The van der Waals surface area contributed by atoms with Crippen LogP contribution in [0.15, 0.2) is 54.7 Å². The molecule has 0 bridgehead atoms. The first kappa shape index (κ1) is 23.7. The standard InChI is InChI=1S/C29H31N5O2/c1-18(2)34-27-24(17-30-34)23(16-26(31-27)21-12-10-19(3)11-13-21)28(35)32-25-9-7-8-22(20(25)4)29(36)33-14-5-6-15-33/h7-13,16-18H,5-6,14-15H2,1-4H3,(H,32,35). The molecule has 7 nitrogen and oxygen atoms in total. The van der Waals surface area contributed by atoms with Crippen molar-refractivity contribution in [1.29, 1.82) is 0 Å². The zero-order valence-corrected chi connectivity index (χ0v) is 21.2. The molecule has 0 atom stereocenters. The zero-order chi connectivity index (χ0) is 25.4. The van der Waals surface area contributed by atoms with Crippen molar-refractivity contribution in [1.82, 2.24) is 19.7 Å². The number of anilines is 1. The molecule has 5 rings (SSSR count). The minimum Gasteiger partial charge on any atom is -0.339 e. The monoisotopic (exact) mass is 481 g/mol. The molecule has 36 heavy (non-hydrogen) atoms. The molecule has 4 aromatic rings. The van der Waals surface area contributed by atoms with Gasteiger partial charge in [-0.25, -0.2) is 9.67 Å². The molecule has 1 fully saturated rings. The number of carbonyl (C=O) groups is 2. The average molecular weight is 482 g/mol. The van der Waals surface area contributed by atoms with Crippen molar-refractivity contribution in [2.24, 2.45) is 0 Å². The Morgan fingerprint density at radius 3 is 2.39 bits per heavy atom. The molecule has 1 aliphatic heterocycles. The molecule has 0 radical (unpaired) electrons. The van der Waals surface area contributed by atoms with Crippen LogP contribution in [0.1, 0.15) is 64.6 Å². The summed E-state index contributed by atoms with van der Waals surface area (Å²) in [6, 6.07) is 15.5. The van der Waals surface area contributed by atoms with Gasteiger partial charge < -0.3 is 10.2 Å². The van der Waals surface area contributed by atoms with Crippen molar-refractivity contribution >= 4 is 28.5 Å². The van der Waals surface area contributed by atoms with E-state index >= 15 is 0 Å². The maximum Gasteiger partial charge on any atom is 0.256 e. The summed E-state index contributed by atoms with van der Waals surface area (Å²) in [7, 11) is 0. The Hall–Kier alpha value is -4.00. The van der Waals surface area contributed by atoms with E-state index in [4.69, 9.17) is 4.98 Å². The summed E-state index contributed by atoms with van der Waals surface area (Å²) >= 11 is 0. The number of fused-ring (bicyclic) bond motifs is 1. The number of carbonyl (C=O) groups excluding carboxylic acids is 2. The first-order valence-electron chi connectivity index (χ1n) is 12.5. The van der Waals surface area contributed by atoms with Crippen LogP contribution < -0.4 is 5.32 Å². The van der Waals surface area contributed by atoms with Gasteiger partial charge in [-0.2, -0.15) is 5.10 Å². The molecule has 184 valence electrons. The lowest BCUT2D eigenvalue weighted by Crippen LogP contribution is -2.28. The Kier molecular flexibility index (Phi) is 6.31. The van der Waals surface area contributed by atoms with Crippen LogP contribution >= 0.6 is 0 Å². The van der Waals surface area contributed by atoms with Crippen LogP contribution in [0, 0.1) is 13.8 Å². The SMILES string of the molecule is Cc1ccc(-c2cc(C(=O)Nc3cccc(C(=O)N4CCCC4)c3C)c3cnn(C(C)C)c3n2)cc1. The molecule has 0 saturated carbocycles. The van der Waals surface area contributed by atoms with Crippen molar-refractivity contribution in [2.75, 3.05) is 18.4 Å². The van der Waals surface area contributed by atoms with Crippen LogP contribution in [-0.4, -0.2) is 44.6 Å². The number of aryl methyl sites for hydroxylation is 1. The third-order valence-electron chi connectivity index (χ3n) is 6.85. The van der Waals surface area contributed by atoms with Crippen LogP contribution in [0.2, 0.25) is 0 Å². The summed E-state index contributed by atoms with van der Waals surface area (Å²) in [4.78, 5) is 33.5. The normalized spacial score (nSPS) is 13.5. The molecule has 7 heteroatoms. The highest BCUT2D eigenvalue weighted by molar-refractivity contribution is 6.13. The van der Waals surface area contributed by atoms with E-state index in [1.807, 2.05) is 85.8 Å².